The Hall–Kier alpha value is -2.29. The number of hydrogen-bond acceptors (Lipinski definition) is 2. The fraction of sp³-hybridized carbons (Fsp3) is 0.133. The second kappa shape index (κ2) is 4.18. The van der Waals surface area contributed by atoms with Crippen LogP contribution in [0.5, 0.6) is 5.75 Å². The zero-order valence-electron chi connectivity index (χ0n) is 10.4. The van der Waals surface area contributed by atoms with Crippen LogP contribution < -0.4 is 4.74 Å². The molecule has 0 aliphatic carbocycles. The van der Waals surface area contributed by atoms with Crippen molar-refractivity contribution in [3.05, 3.63) is 54.4 Å². The second-order valence-electron chi connectivity index (χ2n) is 4.31. The third kappa shape index (κ3) is 1.74. The molecular weight excluding hydrogens is 224 g/mol. The first-order valence-electron chi connectivity index (χ1n) is 5.86. The Bertz CT molecular complexity index is 683. The minimum absolute atomic E-state index is 0.845. The molecule has 0 amide bonds. The standard InChI is InChI=1S/C15H14N2O/c1-11-3-5-12(6-4-11)15-16-10-13-9-14(18-2)7-8-17(13)15/h3-10H,1-2H3. The quantitative estimate of drug-likeness (QED) is 0.684. The molecule has 18 heavy (non-hydrogen) atoms. The van der Waals surface area contributed by atoms with Crippen molar-refractivity contribution in [3.8, 4) is 17.1 Å². The Morgan fingerprint density at radius 1 is 1.11 bits per heavy atom. The molecule has 0 fully saturated rings. The number of imidazole rings is 1. The average molecular weight is 238 g/mol. The van der Waals surface area contributed by atoms with E-state index in [2.05, 4.69) is 40.6 Å². The Morgan fingerprint density at radius 3 is 2.61 bits per heavy atom. The fourth-order valence-corrected chi connectivity index (χ4v) is 2.02. The van der Waals surface area contributed by atoms with Gasteiger partial charge >= 0.3 is 0 Å². The number of rotatable bonds is 2. The van der Waals surface area contributed by atoms with Gasteiger partial charge in [-0.25, -0.2) is 4.98 Å². The van der Waals surface area contributed by atoms with E-state index < -0.39 is 0 Å². The summed E-state index contributed by atoms with van der Waals surface area (Å²) in [6.45, 7) is 2.08. The number of nitrogens with zero attached hydrogens (tertiary/aromatic N) is 2. The van der Waals surface area contributed by atoms with Crippen LogP contribution in [-0.4, -0.2) is 16.5 Å². The molecule has 90 valence electrons. The lowest BCUT2D eigenvalue weighted by molar-refractivity contribution is 0.414. The molecular formula is C15H14N2O. The largest absolute Gasteiger partial charge is 0.497 e. The number of aryl methyl sites for hydroxylation is 1. The Morgan fingerprint density at radius 2 is 1.89 bits per heavy atom. The van der Waals surface area contributed by atoms with Crippen molar-refractivity contribution in [1.29, 1.82) is 0 Å². The lowest BCUT2D eigenvalue weighted by atomic mass is 10.1. The first kappa shape index (κ1) is 10.8. The number of methoxy groups -OCH3 is 1. The van der Waals surface area contributed by atoms with Gasteiger partial charge in [0.1, 0.15) is 11.6 Å². The fourth-order valence-electron chi connectivity index (χ4n) is 2.02. The summed E-state index contributed by atoms with van der Waals surface area (Å²) in [6.07, 6.45) is 3.84. The third-order valence-electron chi connectivity index (χ3n) is 3.05. The van der Waals surface area contributed by atoms with Gasteiger partial charge in [0.15, 0.2) is 0 Å². The van der Waals surface area contributed by atoms with Gasteiger partial charge in [-0.05, 0) is 13.0 Å². The van der Waals surface area contributed by atoms with Gasteiger partial charge < -0.3 is 4.74 Å². The molecule has 3 rings (SSSR count). The van der Waals surface area contributed by atoms with Crippen LogP contribution in [0.3, 0.4) is 0 Å². The monoisotopic (exact) mass is 238 g/mol. The van der Waals surface area contributed by atoms with Crippen molar-refractivity contribution in [3.63, 3.8) is 0 Å². The van der Waals surface area contributed by atoms with Gasteiger partial charge in [-0.2, -0.15) is 0 Å². The topological polar surface area (TPSA) is 26.5 Å². The van der Waals surface area contributed by atoms with Crippen molar-refractivity contribution in [1.82, 2.24) is 9.38 Å². The molecule has 2 heterocycles. The van der Waals surface area contributed by atoms with E-state index in [0.29, 0.717) is 0 Å². The molecule has 0 saturated heterocycles. The highest BCUT2D eigenvalue weighted by Gasteiger charge is 2.06. The van der Waals surface area contributed by atoms with Crippen molar-refractivity contribution in [2.75, 3.05) is 7.11 Å². The molecule has 0 radical (unpaired) electrons. The van der Waals surface area contributed by atoms with E-state index in [0.717, 1.165) is 22.7 Å². The summed E-state index contributed by atoms with van der Waals surface area (Å²) < 4.78 is 7.27. The minimum Gasteiger partial charge on any atom is -0.497 e. The van der Waals surface area contributed by atoms with Gasteiger partial charge in [0, 0.05) is 17.8 Å². The third-order valence-corrected chi connectivity index (χ3v) is 3.05. The summed E-state index contributed by atoms with van der Waals surface area (Å²) in [5, 5.41) is 0. The molecule has 0 saturated carbocycles. The summed E-state index contributed by atoms with van der Waals surface area (Å²) in [7, 11) is 1.67. The molecule has 3 heteroatoms. The van der Waals surface area contributed by atoms with E-state index in [9.17, 15) is 0 Å². The minimum atomic E-state index is 0.845. The first-order valence-corrected chi connectivity index (χ1v) is 5.86. The van der Waals surface area contributed by atoms with Crippen LogP contribution in [0.15, 0.2) is 48.8 Å². The molecule has 0 aliphatic rings. The second-order valence-corrected chi connectivity index (χ2v) is 4.31. The Balaban J connectivity index is 2.15. The van der Waals surface area contributed by atoms with Crippen LogP contribution >= 0.6 is 0 Å². The molecule has 0 N–H and O–H groups in total. The Labute approximate surface area is 106 Å². The van der Waals surface area contributed by atoms with Gasteiger partial charge in [-0.3, -0.25) is 4.40 Å². The van der Waals surface area contributed by atoms with Gasteiger partial charge in [-0.1, -0.05) is 29.8 Å². The summed E-state index contributed by atoms with van der Waals surface area (Å²) in [6, 6.07) is 12.3. The molecule has 0 atom stereocenters. The van der Waals surface area contributed by atoms with Crippen LogP contribution in [-0.2, 0) is 0 Å². The number of ether oxygens (including phenoxy) is 1. The predicted octanol–water partition coefficient (Wildman–Crippen LogP) is 3.32. The number of hydrogen-bond donors (Lipinski definition) is 0. The maximum atomic E-state index is 5.21. The maximum absolute atomic E-state index is 5.21. The highest BCUT2D eigenvalue weighted by molar-refractivity contribution is 5.63. The van der Waals surface area contributed by atoms with Crippen molar-refractivity contribution < 1.29 is 4.74 Å². The van der Waals surface area contributed by atoms with Gasteiger partial charge in [-0.15, -0.1) is 0 Å². The summed E-state index contributed by atoms with van der Waals surface area (Å²) in [5.74, 6) is 1.80. The molecule has 0 bridgehead atoms. The summed E-state index contributed by atoms with van der Waals surface area (Å²) in [4.78, 5) is 4.48. The van der Waals surface area contributed by atoms with Crippen LogP contribution in [0.2, 0.25) is 0 Å². The molecule has 0 unspecified atom stereocenters. The molecule has 2 aromatic heterocycles. The van der Waals surface area contributed by atoms with E-state index in [-0.39, 0.29) is 0 Å². The smallest absolute Gasteiger partial charge is 0.144 e. The summed E-state index contributed by atoms with van der Waals surface area (Å²) >= 11 is 0. The number of pyridine rings is 1. The van der Waals surface area contributed by atoms with E-state index in [4.69, 9.17) is 4.74 Å². The van der Waals surface area contributed by atoms with E-state index >= 15 is 0 Å². The zero-order valence-corrected chi connectivity index (χ0v) is 10.4. The number of aromatic nitrogens is 2. The lowest BCUT2D eigenvalue weighted by Gasteiger charge is -2.04. The SMILES string of the molecule is COc1ccn2c(-c3ccc(C)cc3)ncc2c1. The number of benzene rings is 1. The molecule has 0 spiro atoms. The van der Waals surface area contributed by atoms with Crippen molar-refractivity contribution in [2.45, 2.75) is 6.92 Å². The number of fused-ring (bicyclic) bond motifs is 1. The molecule has 3 aromatic rings. The lowest BCUT2D eigenvalue weighted by Crippen LogP contribution is -1.90. The van der Waals surface area contributed by atoms with Crippen LogP contribution in [0.25, 0.3) is 16.9 Å². The average Bonchev–Trinajstić information content (AvgIpc) is 2.82. The highest BCUT2D eigenvalue weighted by atomic mass is 16.5. The van der Waals surface area contributed by atoms with Gasteiger partial charge in [0.2, 0.25) is 0 Å². The maximum Gasteiger partial charge on any atom is 0.144 e. The van der Waals surface area contributed by atoms with Gasteiger partial charge in [0.05, 0.1) is 18.8 Å². The predicted molar refractivity (Wildman–Crippen MR) is 71.9 cm³/mol. The normalized spacial score (nSPS) is 10.8. The van der Waals surface area contributed by atoms with Crippen LogP contribution in [0.1, 0.15) is 5.56 Å². The first-order chi connectivity index (χ1) is 8.78. The van der Waals surface area contributed by atoms with E-state index in [1.165, 1.54) is 5.56 Å². The van der Waals surface area contributed by atoms with Gasteiger partial charge in [0.25, 0.3) is 0 Å². The van der Waals surface area contributed by atoms with Crippen LogP contribution in [0, 0.1) is 6.92 Å². The molecule has 1 aromatic carbocycles. The van der Waals surface area contributed by atoms with E-state index in [1.807, 2.05) is 24.5 Å². The van der Waals surface area contributed by atoms with Crippen LogP contribution in [0.4, 0.5) is 0 Å². The summed E-state index contributed by atoms with van der Waals surface area (Å²) in [5.41, 5.74) is 3.40. The van der Waals surface area contributed by atoms with Crippen molar-refractivity contribution in [2.24, 2.45) is 0 Å². The highest BCUT2D eigenvalue weighted by Crippen LogP contribution is 2.22. The zero-order chi connectivity index (χ0) is 12.5. The van der Waals surface area contributed by atoms with E-state index in [1.54, 1.807) is 7.11 Å². The van der Waals surface area contributed by atoms with Crippen molar-refractivity contribution >= 4 is 5.52 Å². The Kier molecular flexibility index (Phi) is 2.52. The molecule has 0 aliphatic heterocycles. The molecule has 3 nitrogen and oxygen atoms in total.